The highest BCUT2D eigenvalue weighted by atomic mass is 35.5. The van der Waals surface area contributed by atoms with E-state index in [0.717, 1.165) is 4.31 Å². The molecule has 0 fully saturated rings. The minimum absolute atomic E-state index is 0.0336. The maximum Gasteiger partial charge on any atom is 0.303 e. The van der Waals surface area contributed by atoms with Crippen LogP contribution >= 0.6 is 11.6 Å². The van der Waals surface area contributed by atoms with Gasteiger partial charge >= 0.3 is 10.2 Å². The first kappa shape index (κ1) is 12.2. The Morgan fingerprint density at radius 1 is 1.40 bits per heavy atom. The van der Waals surface area contributed by atoms with Gasteiger partial charge in [-0.3, -0.25) is 0 Å². The van der Waals surface area contributed by atoms with Crippen LogP contribution in [0.15, 0.2) is 6.07 Å². The summed E-state index contributed by atoms with van der Waals surface area (Å²) >= 11 is 5.66. The summed E-state index contributed by atoms with van der Waals surface area (Å²) in [7, 11) is -0.780. The van der Waals surface area contributed by atoms with E-state index < -0.39 is 10.2 Å². The summed E-state index contributed by atoms with van der Waals surface area (Å²) in [6.07, 6.45) is 0. The molecule has 15 heavy (non-hydrogen) atoms. The second-order valence-corrected chi connectivity index (χ2v) is 5.32. The van der Waals surface area contributed by atoms with E-state index in [9.17, 15) is 8.42 Å². The summed E-state index contributed by atoms with van der Waals surface area (Å²) < 4.78 is 26.0. The second kappa shape index (κ2) is 4.30. The number of hydrogen-bond donors (Lipinski definition) is 1. The molecule has 0 saturated heterocycles. The molecule has 84 valence electrons. The fourth-order valence-corrected chi connectivity index (χ4v) is 1.52. The lowest BCUT2D eigenvalue weighted by Crippen LogP contribution is -2.29. The summed E-state index contributed by atoms with van der Waals surface area (Å²) in [5.74, 6) is -0.0336. The Morgan fingerprint density at radius 3 is 2.47 bits per heavy atom. The number of anilines is 1. The zero-order valence-electron chi connectivity index (χ0n) is 8.52. The van der Waals surface area contributed by atoms with Crippen molar-refractivity contribution >= 4 is 27.8 Å². The van der Waals surface area contributed by atoms with Crippen LogP contribution in [0.1, 0.15) is 5.69 Å². The molecule has 0 amide bonds. The Morgan fingerprint density at radius 2 is 2.00 bits per heavy atom. The molecular weight excluding hydrogens is 240 g/mol. The lowest BCUT2D eigenvalue weighted by Gasteiger charge is -2.12. The van der Waals surface area contributed by atoms with Gasteiger partial charge in [0.2, 0.25) is 5.95 Å². The molecule has 0 aliphatic heterocycles. The Balaban J connectivity index is 3.00. The molecule has 0 spiro atoms. The fraction of sp³-hybridized carbons (Fsp3) is 0.429. The van der Waals surface area contributed by atoms with Crippen molar-refractivity contribution in [1.82, 2.24) is 14.3 Å². The van der Waals surface area contributed by atoms with Gasteiger partial charge in [-0.2, -0.15) is 12.7 Å². The zero-order chi connectivity index (χ0) is 11.6. The number of halogens is 1. The quantitative estimate of drug-likeness (QED) is 0.800. The van der Waals surface area contributed by atoms with E-state index in [1.165, 1.54) is 20.2 Å². The van der Waals surface area contributed by atoms with Crippen LogP contribution in [0.5, 0.6) is 0 Å². The fourth-order valence-electron chi connectivity index (χ4n) is 0.782. The maximum atomic E-state index is 11.4. The zero-order valence-corrected chi connectivity index (χ0v) is 10.1. The van der Waals surface area contributed by atoms with Gasteiger partial charge in [0.1, 0.15) is 5.15 Å². The van der Waals surface area contributed by atoms with Crippen molar-refractivity contribution in [3.8, 4) is 0 Å². The highest BCUT2D eigenvalue weighted by Crippen LogP contribution is 2.11. The van der Waals surface area contributed by atoms with E-state index >= 15 is 0 Å². The number of aryl methyl sites for hydroxylation is 1. The Bertz CT molecular complexity index is 440. The summed E-state index contributed by atoms with van der Waals surface area (Å²) in [4.78, 5) is 7.63. The molecular formula is C7H11ClN4O2S. The number of aromatic nitrogens is 2. The van der Waals surface area contributed by atoms with E-state index in [-0.39, 0.29) is 11.1 Å². The van der Waals surface area contributed by atoms with Gasteiger partial charge in [-0.1, -0.05) is 11.6 Å². The number of nitrogens with zero attached hydrogens (tertiary/aromatic N) is 3. The first-order valence-corrected chi connectivity index (χ1v) is 5.84. The molecule has 1 rings (SSSR count). The topological polar surface area (TPSA) is 75.2 Å². The van der Waals surface area contributed by atoms with Crippen LogP contribution in [-0.2, 0) is 10.2 Å². The van der Waals surface area contributed by atoms with Crippen LogP contribution in [0, 0.1) is 6.92 Å². The molecule has 1 aromatic heterocycles. The molecule has 0 bridgehead atoms. The van der Waals surface area contributed by atoms with Crippen LogP contribution in [0.2, 0.25) is 5.15 Å². The lowest BCUT2D eigenvalue weighted by atomic mass is 10.5. The van der Waals surface area contributed by atoms with Gasteiger partial charge in [-0.15, -0.1) is 0 Å². The van der Waals surface area contributed by atoms with Crippen molar-refractivity contribution in [1.29, 1.82) is 0 Å². The smallest absolute Gasteiger partial charge is 0.238 e. The minimum atomic E-state index is -3.59. The monoisotopic (exact) mass is 250 g/mol. The average Bonchev–Trinajstić information content (AvgIpc) is 1.99. The third kappa shape index (κ3) is 3.29. The second-order valence-electron chi connectivity index (χ2n) is 3.05. The van der Waals surface area contributed by atoms with E-state index in [2.05, 4.69) is 14.7 Å². The minimum Gasteiger partial charge on any atom is -0.238 e. The lowest BCUT2D eigenvalue weighted by molar-refractivity contribution is 0.526. The van der Waals surface area contributed by atoms with E-state index in [1.807, 2.05) is 0 Å². The third-order valence-corrected chi connectivity index (χ3v) is 3.12. The number of rotatable bonds is 3. The molecule has 1 aromatic rings. The standard InChI is InChI=1S/C7H11ClN4O2S/c1-5-4-6(8)10-7(9-5)11-15(13,14)12(2)3/h4H,1-3H3,(H,9,10,11). The van der Waals surface area contributed by atoms with Crippen molar-refractivity contribution in [3.63, 3.8) is 0 Å². The molecule has 0 atom stereocenters. The molecule has 0 aromatic carbocycles. The maximum absolute atomic E-state index is 11.4. The van der Waals surface area contributed by atoms with Crippen molar-refractivity contribution in [2.24, 2.45) is 0 Å². The van der Waals surface area contributed by atoms with Crippen molar-refractivity contribution in [2.45, 2.75) is 6.92 Å². The molecule has 0 saturated carbocycles. The summed E-state index contributed by atoms with van der Waals surface area (Å²) in [5.41, 5.74) is 0.589. The van der Waals surface area contributed by atoms with Crippen molar-refractivity contribution in [2.75, 3.05) is 18.8 Å². The largest absolute Gasteiger partial charge is 0.303 e. The van der Waals surface area contributed by atoms with E-state index in [4.69, 9.17) is 11.6 Å². The summed E-state index contributed by atoms with van der Waals surface area (Å²) in [6.45, 7) is 1.70. The molecule has 6 nitrogen and oxygen atoms in total. The molecule has 1 heterocycles. The number of hydrogen-bond acceptors (Lipinski definition) is 4. The van der Waals surface area contributed by atoms with Crippen LogP contribution in [0.25, 0.3) is 0 Å². The van der Waals surface area contributed by atoms with Crippen LogP contribution in [0.3, 0.4) is 0 Å². The van der Waals surface area contributed by atoms with Gasteiger partial charge < -0.3 is 0 Å². The van der Waals surface area contributed by atoms with Gasteiger partial charge in [0.25, 0.3) is 0 Å². The van der Waals surface area contributed by atoms with E-state index in [0.29, 0.717) is 5.69 Å². The summed E-state index contributed by atoms with van der Waals surface area (Å²) in [5, 5.41) is 0.193. The van der Waals surface area contributed by atoms with Gasteiger partial charge in [0.05, 0.1) is 0 Å². The Kier molecular flexibility index (Phi) is 3.48. The van der Waals surface area contributed by atoms with Gasteiger partial charge in [-0.05, 0) is 13.0 Å². The van der Waals surface area contributed by atoms with Crippen LogP contribution < -0.4 is 4.72 Å². The summed E-state index contributed by atoms with van der Waals surface area (Å²) in [6, 6.07) is 1.54. The van der Waals surface area contributed by atoms with Gasteiger partial charge in [0.15, 0.2) is 0 Å². The Labute approximate surface area is 93.5 Å². The first-order chi connectivity index (χ1) is 6.81. The van der Waals surface area contributed by atoms with Gasteiger partial charge in [-0.25, -0.2) is 14.7 Å². The number of nitrogens with one attached hydrogen (secondary N) is 1. The highest BCUT2D eigenvalue weighted by molar-refractivity contribution is 7.90. The molecule has 8 heteroatoms. The average molecular weight is 251 g/mol. The SMILES string of the molecule is Cc1cc(Cl)nc(NS(=O)(=O)N(C)C)n1. The first-order valence-electron chi connectivity index (χ1n) is 4.03. The molecule has 0 aliphatic carbocycles. The van der Waals surface area contributed by atoms with E-state index in [1.54, 1.807) is 6.92 Å². The highest BCUT2D eigenvalue weighted by Gasteiger charge is 2.14. The predicted octanol–water partition coefficient (Wildman–Crippen LogP) is 0.657. The normalized spacial score (nSPS) is 11.8. The van der Waals surface area contributed by atoms with Crippen LogP contribution in [0.4, 0.5) is 5.95 Å². The Hall–Kier alpha value is -0.920. The molecule has 0 unspecified atom stereocenters. The predicted molar refractivity (Wildman–Crippen MR) is 58.0 cm³/mol. The van der Waals surface area contributed by atoms with Crippen LogP contribution in [-0.4, -0.2) is 36.8 Å². The third-order valence-electron chi connectivity index (χ3n) is 1.52. The molecule has 0 aliphatic rings. The van der Waals surface area contributed by atoms with Gasteiger partial charge in [0, 0.05) is 19.8 Å². The van der Waals surface area contributed by atoms with Crippen molar-refractivity contribution < 1.29 is 8.42 Å². The van der Waals surface area contributed by atoms with Crippen molar-refractivity contribution in [3.05, 3.63) is 16.9 Å². The molecule has 1 N–H and O–H groups in total. The molecule has 0 radical (unpaired) electrons.